The molecule has 10 heteroatoms. The van der Waals surface area contributed by atoms with Crippen molar-refractivity contribution >= 4 is 11.9 Å². The van der Waals surface area contributed by atoms with Crippen molar-refractivity contribution in [3.8, 4) is 0 Å². The van der Waals surface area contributed by atoms with Crippen LogP contribution in [0.4, 0.5) is 22.0 Å². The Hall–Kier alpha value is -1.45. The van der Waals surface area contributed by atoms with Crippen LogP contribution in [0.1, 0.15) is 87.0 Å². The van der Waals surface area contributed by atoms with Crippen molar-refractivity contribution in [3.05, 3.63) is 0 Å². The zero-order valence-electron chi connectivity index (χ0n) is 18.7. The van der Waals surface area contributed by atoms with Crippen LogP contribution < -0.4 is 0 Å². The predicted molar refractivity (Wildman–Crippen MR) is 116 cm³/mol. The smallest absolute Gasteiger partial charge is 0.453 e. The summed E-state index contributed by atoms with van der Waals surface area (Å²) >= 11 is 0. The third kappa shape index (κ3) is 6.40. The molecule has 0 spiro atoms. The molecule has 2 atom stereocenters. The van der Waals surface area contributed by atoms with Gasteiger partial charge in [-0.05, 0) is 64.2 Å². The van der Waals surface area contributed by atoms with E-state index in [-0.39, 0.29) is 27.4 Å². The lowest BCUT2D eigenvalue weighted by atomic mass is 9.52. The second-order valence-corrected chi connectivity index (χ2v) is 10.4. The van der Waals surface area contributed by atoms with Gasteiger partial charge in [0.25, 0.3) is 0 Å². The van der Waals surface area contributed by atoms with Gasteiger partial charge in [-0.1, -0.05) is 21.8 Å². The number of ether oxygens (including phenoxy) is 3. The van der Waals surface area contributed by atoms with Crippen molar-refractivity contribution in [1.82, 2.24) is 0 Å². The first-order valence-corrected chi connectivity index (χ1v) is 11.1. The van der Waals surface area contributed by atoms with Crippen LogP contribution in [0.25, 0.3) is 0 Å². The van der Waals surface area contributed by atoms with E-state index in [2.05, 4.69) is 4.74 Å². The third-order valence-electron chi connectivity index (χ3n) is 7.24. The van der Waals surface area contributed by atoms with Gasteiger partial charge in [-0.25, -0.2) is 0 Å². The molecule has 4 aliphatic carbocycles. The van der Waals surface area contributed by atoms with Gasteiger partial charge in [0, 0.05) is 6.42 Å². The molecule has 4 aliphatic rings. The van der Waals surface area contributed by atoms with Crippen LogP contribution in [0.5, 0.6) is 0 Å². The fourth-order valence-electron chi connectivity index (χ4n) is 5.61. The Morgan fingerprint density at radius 1 is 0.912 bits per heavy atom. The largest absolute Gasteiger partial charge is 0.463 e. The van der Waals surface area contributed by atoms with Gasteiger partial charge in [0.05, 0.1) is 17.6 Å². The van der Waals surface area contributed by atoms with E-state index in [9.17, 15) is 31.5 Å². The second-order valence-electron chi connectivity index (χ2n) is 10.4. The van der Waals surface area contributed by atoms with E-state index < -0.39 is 47.7 Å². The first kappa shape index (κ1) is 30.6. The molecule has 4 saturated carbocycles. The molecule has 0 amide bonds. The fourth-order valence-corrected chi connectivity index (χ4v) is 5.61. The maximum atomic E-state index is 13.0. The highest BCUT2D eigenvalue weighted by Gasteiger charge is 2.61. The number of hydrogen-bond donors (Lipinski definition) is 0. The summed E-state index contributed by atoms with van der Waals surface area (Å²) in [4.78, 5) is 24.2. The zero-order valence-corrected chi connectivity index (χ0v) is 18.7. The van der Waals surface area contributed by atoms with Crippen molar-refractivity contribution in [1.29, 1.82) is 0 Å². The summed E-state index contributed by atoms with van der Waals surface area (Å²) in [7, 11) is 0. The topological polar surface area (TPSA) is 61.8 Å². The molecule has 0 aromatic rings. The summed E-state index contributed by atoms with van der Waals surface area (Å²) in [6.45, 7) is 5.09. The molecule has 0 aromatic heterocycles. The molecule has 4 rings (SSSR count). The summed E-state index contributed by atoms with van der Waals surface area (Å²) in [5.41, 5.74) is -1.76. The van der Waals surface area contributed by atoms with Gasteiger partial charge >= 0.3 is 24.0 Å². The first-order valence-electron chi connectivity index (χ1n) is 11.1. The minimum absolute atomic E-state index is 0. The van der Waals surface area contributed by atoms with Gasteiger partial charge in [-0.3, -0.25) is 9.59 Å². The summed E-state index contributed by atoms with van der Waals surface area (Å²) in [5, 5.41) is 0. The molecule has 4 bridgehead atoms. The molecule has 2 unspecified atom stereocenters. The van der Waals surface area contributed by atoms with E-state index in [0.717, 1.165) is 32.1 Å². The van der Waals surface area contributed by atoms with Crippen LogP contribution in [-0.2, 0) is 23.8 Å². The molecular weight excluding hydrogens is 463 g/mol. The Morgan fingerprint density at radius 2 is 1.44 bits per heavy atom. The molecular formula is C24H39F5O5. The van der Waals surface area contributed by atoms with Crippen LogP contribution in [0.3, 0.4) is 0 Å². The molecule has 4 fully saturated rings. The van der Waals surface area contributed by atoms with E-state index in [1.807, 2.05) is 20.8 Å². The number of rotatable bonds is 9. The predicted octanol–water partition coefficient (Wildman–Crippen LogP) is 6.48. The molecule has 5 nitrogen and oxygen atoms in total. The van der Waals surface area contributed by atoms with Crippen molar-refractivity contribution < 1.29 is 45.8 Å². The molecule has 34 heavy (non-hydrogen) atoms. The standard InChI is InChI=1S/C22H31F5O5.2CH4/c1-4-18(2,3)17(29)32-20-10-14-7-15(11-20)9-19(8-14,13-20)31-6-5-30-16(28)12-21(23,24)22(25,26)27;;/h14-15H,4-13H2,1-3H3;2*1H4. The summed E-state index contributed by atoms with van der Waals surface area (Å²) in [5.74, 6) is -6.33. The normalized spacial score (nSPS) is 30.2. The minimum atomic E-state index is -5.81. The highest BCUT2D eigenvalue weighted by Crippen LogP contribution is 2.60. The van der Waals surface area contributed by atoms with E-state index in [1.165, 1.54) is 0 Å². The lowest BCUT2D eigenvalue weighted by molar-refractivity contribution is -0.284. The summed E-state index contributed by atoms with van der Waals surface area (Å²) < 4.78 is 79.2. The molecule has 0 N–H and O–H groups in total. The monoisotopic (exact) mass is 502 g/mol. The SMILES string of the molecule is C.C.CCC(C)(C)C(=O)OC12CC3CC(CC(OCCOC(=O)CC(F)(F)C(F)(F)F)(C3)C1)C2. The lowest BCUT2D eigenvalue weighted by Crippen LogP contribution is -2.62. The van der Waals surface area contributed by atoms with Gasteiger partial charge in [-0.2, -0.15) is 22.0 Å². The molecule has 200 valence electrons. The maximum absolute atomic E-state index is 13.0. The van der Waals surface area contributed by atoms with Gasteiger partial charge < -0.3 is 14.2 Å². The Labute approximate surface area is 199 Å². The van der Waals surface area contributed by atoms with E-state index >= 15 is 0 Å². The molecule has 0 aromatic carbocycles. The van der Waals surface area contributed by atoms with Crippen LogP contribution in [0.15, 0.2) is 0 Å². The van der Waals surface area contributed by atoms with Crippen molar-refractivity contribution in [2.75, 3.05) is 13.2 Å². The van der Waals surface area contributed by atoms with E-state index in [0.29, 0.717) is 24.7 Å². The van der Waals surface area contributed by atoms with Crippen molar-refractivity contribution in [2.45, 2.75) is 110 Å². The molecule has 0 saturated heterocycles. The average Bonchev–Trinajstić information content (AvgIpc) is 2.62. The minimum Gasteiger partial charge on any atom is -0.463 e. The van der Waals surface area contributed by atoms with Crippen molar-refractivity contribution in [2.24, 2.45) is 17.3 Å². The lowest BCUT2D eigenvalue weighted by Gasteiger charge is -2.61. The molecule has 0 radical (unpaired) electrons. The zero-order chi connectivity index (χ0) is 24.0. The van der Waals surface area contributed by atoms with Gasteiger partial charge in [0.15, 0.2) is 0 Å². The number of carbonyl (C=O) groups is 2. The van der Waals surface area contributed by atoms with Crippen molar-refractivity contribution in [3.63, 3.8) is 0 Å². The number of alkyl halides is 5. The number of halogens is 5. The quantitative estimate of drug-likeness (QED) is 0.205. The molecule has 0 aliphatic heterocycles. The number of hydrogen-bond acceptors (Lipinski definition) is 5. The number of carbonyl (C=O) groups excluding carboxylic acids is 2. The van der Waals surface area contributed by atoms with Gasteiger partial charge in [-0.15, -0.1) is 0 Å². The Balaban J connectivity index is 0.00000289. The Bertz CT molecular complexity index is 720. The second kappa shape index (κ2) is 10.3. The van der Waals surface area contributed by atoms with Gasteiger partial charge in [0.2, 0.25) is 0 Å². The van der Waals surface area contributed by atoms with Crippen LogP contribution in [-0.4, -0.2) is 48.5 Å². The van der Waals surface area contributed by atoms with Crippen LogP contribution in [0.2, 0.25) is 0 Å². The molecule has 0 heterocycles. The Kier molecular flexibility index (Phi) is 9.24. The number of esters is 2. The Morgan fingerprint density at radius 3 is 1.94 bits per heavy atom. The van der Waals surface area contributed by atoms with E-state index in [1.54, 1.807) is 0 Å². The van der Waals surface area contributed by atoms with Crippen LogP contribution in [0, 0.1) is 17.3 Å². The summed E-state index contributed by atoms with van der Waals surface area (Å²) in [6.07, 6.45) is -2.59. The van der Waals surface area contributed by atoms with Crippen LogP contribution >= 0.6 is 0 Å². The highest BCUT2D eigenvalue weighted by molar-refractivity contribution is 5.76. The highest BCUT2D eigenvalue weighted by atomic mass is 19.4. The fraction of sp³-hybridized carbons (Fsp3) is 0.917. The maximum Gasteiger partial charge on any atom is 0.453 e. The average molecular weight is 503 g/mol. The third-order valence-corrected chi connectivity index (χ3v) is 7.24. The first-order chi connectivity index (χ1) is 14.6. The summed E-state index contributed by atoms with van der Waals surface area (Å²) in [6, 6.07) is 0. The van der Waals surface area contributed by atoms with E-state index in [4.69, 9.17) is 9.47 Å². The van der Waals surface area contributed by atoms with Gasteiger partial charge in [0.1, 0.15) is 18.6 Å².